The molecule has 1 aliphatic rings. The van der Waals surface area contributed by atoms with E-state index in [-0.39, 0.29) is 11.8 Å². The van der Waals surface area contributed by atoms with Gasteiger partial charge < -0.3 is 16.0 Å². The molecule has 1 unspecified atom stereocenters. The number of nitrogens with one attached hydrogen (secondary N) is 1. The molecule has 158 valence electrons. The lowest BCUT2D eigenvalue weighted by Gasteiger charge is -2.26. The van der Waals surface area contributed by atoms with Gasteiger partial charge in [0.2, 0.25) is 11.8 Å². The Kier molecular flexibility index (Phi) is 6.82. The van der Waals surface area contributed by atoms with E-state index in [0.717, 1.165) is 32.1 Å². The number of halogens is 1. The molecule has 0 aliphatic heterocycles. The van der Waals surface area contributed by atoms with Crippen LogP contribution in [-0.4, -0.2) is 29.7 Å². The van der Waals surface area contributed by atoms with Crippen LogP contribution >= 0.6 is 0 Å². The molecule has 2 aromatic carbocycles. The number of hydrogen-bond acceptors (Lipinski definition) is 3. The minimum Gasteiger partial charge on any atom is -0.368 e. The lowest BCUT2D eigenvalue weighted by molar-refractivity contribution is -0.122. The molecule has 0 bridgehead atoms. The third-order valence-corrected chi connectivity index (χ3v) is 5.49. The van der Waals surface area contributed by atoms with Gasteiger partial charge in [-0.3, -0.25) is 14.4 Å². The van der Waals surface area contributed by atoms with Crippen LogP contribution in [0.1, 0.15) is 54.1 Å². The highest BCUT2D eigenvalue weighted by molar-refractivity contribution is 5.99. The number of benzene rings is 2. The van der Waals surface area contributed by atoms with E-state index in [4.69, 9.17) is 5.73 Å². The van der Waals surface area contributed by atoms with E-state index in [1.165, 1.54) is 30.1 Å². The Balaban J connectivity index is 1.77. The Bertz CT molecular complexity index is 941. The van der Waals surface area contributed by atoms with Crippen LogP contribution in [-0.2, 0) is 9.59 Å². The maximum Gasteiger partial charge on any atom is 0.254 e. The minimum atomic E-state index is -1.12. The molecule has 3 N–H and O–H groups in total. The molecule has 0 aromatic heterocycles. The summed E-state index contributed by atoms with van der Waals surface area (Å²) in [7, 11) is 1.44. The number of hydrogen-bond donors (Lipinski definition) is 2. The number of likely N-dealkylation sites (N-methyl/N-ethyl adjacent to an activating group) is 1. The van der Waals surface area contributed by atoms with Crippen LogP contribution in [0.5, 0.6) is 0 Å². The first-order valence-corrected chi connectivity index (χ1v) is 10.1. The fraction of sp³-hybridized carbons (Fsp3) is 0.348. The second kappa shape index (κ2) is 9.52. The number of anilines is 1. The second-order valence-electron chi connectivity index (χ2n) is 7.68. The van der Waals surface area contributed by atoms with Crippen LogP contribution in [0.3, 0.4) is 0 Å². The number of carbonyl (C=O) groups excluding carboxylic acids is 3. The molecule has 0 spiro atoms. The van der Waals surface area contributed by atoms with Gasteiger partial charge in [-0.25, -0.2) is 4.39 Å². The summed E-state index contributed by atoms with van der Waals surface area (Å²) in [5.41, 5.74) is 6.61. The summed E-state index contributed by atoms with van der Waals surface area (Å²) in [6, 6.07) is 10.9. The maximum absolute atomic E-state index is 13.6. The highest BCUT2D eigenvalue weighted by Gasteiger charge is 2.28. The van der Waals surface area contributed by atoms with E-state index in [9.17, 15) is 18.8 Å². The monoisotopic (exact) mass is 411 g/mol. The predicted octanol–water partition coefficient (Wildman–Crippen LogP) is 3.64. The number of nitrogens with two attached hydrogens (primary N) is 1. The van der Waals surface area contributed by atoms with Gasteiger partial charge in [-0.05, 0) is 48.7 Å². The number of primary amides is 1. The quantitative estimate of drug-likeness (QED) is 0.760. The summed E-state index contributed by atoms with van der Waals surface area (Å²) in [4.78, 5) is 38.7. The van der Waals surface area contributed by atoms with Crippen molar-refractivity contribution in [3.8, 4) is 0 Å². The lowest BCUT2D eigenvalue weighted by atomic mass is 9.88. The summed E-state index contributed by atoms with van der Waals surface area (Å²) in [5.74, 6) is -1.79. The van der Waals surface area contributed by atoms with Crippen molar-refractivity contribution < 1.29 is 18.8 Å². The normalized spacial score (nSPS) is 15.3. The summed E-state index contributed by atoms with van der Waals surface area (Å²) in [6.45, 7) is 0. The van der Waals surface area contributed by atoms with Gasteiger partial charge in [-0.15, -0.1) is 0 Å². The number of amides is 3. The van der Waals surface area contributed by atoms with Crippen molar-refractivity contribution in [3.63, 3.8) is 0 Å². The topological polar surface area (TPSA) is 92.5 Å². The standard InChI is InChI=1S/C23H26FN3O3/c1-27(20(21(25)28)16-9-5-11-18(24)13-16)23(30)17-10-6-12-19(14-17)26-22(29)15-7-3-2-4-8-15/h5-6,9-15,20H,2-4,7-8H2,1H3,(H2,25,28)(H,26,29). The van der Waals surface area contributed by atoms with E-state index in [2.05, 4.69) is 5.32 Å². The SMILES string of the molecule is CN(C(=O)c1cccc(NC(=O)C2CCCCC2)c1)C(C(N)=O)c1cccc(F)c1. The predicted molar refractivity (Wildman–Crippen MR) is 112 cm³/mol. The van der Waals surface area contributed by atoms with Gasteiger partial charge in [0.05, 0.1) is 0 Å². The summed E-state index contributed by atoms with van der Waals surface area (Å²) in [6.07, 6.45) is 5.01. The van der Waals surface area contributed by atoms with E-state index in [0.29, 0.717) is 16.8 Å². The molecule has 0 saturated heterocycles. The molecule has 1 aliphatic carbocycles. The van der Waals surface area contributed by atoms with Crippen LogP contribution in [0.25, 0.3) is 0 Å². The van der Waals surface area contributed by atoms with Crippen molar-refractivity contribution in [3.05, 3.63) is 65.5 Å². The highest BCUT2D eigenvalue weighted by Crippen LogP contribution is 2.26. The van der Waals surface area contributed by atoms with Crippen molar-refractivity contribution in [1.29, 1.82) is 0 Å². The van der Waals surface area contributed by atoms with E-state index in [1.807, 2.05) is 0 Å². The van der Waals surface area contributed by atoms with Gasteiger partial charge in [0.15, 0.2) is 0 Å². The van der Waals surface area contributed by atoms with E-state index in [1.54, 1.807) is 30.3 Å². The van der Waals surface area contributed by atoms with Crippen LogP contribution in [0.15, 0.2) is 48.5 Å². The smallest absolute Gasteiger partial charge is 0.254 e. The zero-order valence-corrected chi connectivity index (χ0v) is 16.9. The molecule has 3 rings (SSSR count). The second-order valence-corrected chi connectivity index (χ2v) is 7.68. The van der Waals surface area contributed by atoms with Crippen molar-refractivity contribution in [2.75, 3.05) is 12.4 Å². The molecule has 0 heterocycles. The van der Waals surface area contributed by atoms with Gasteiger partial charge >= 0.3 is 0 Å². The minimum absolute atomic E-state index is 0.00648. The molecule has 2 aromatic rings. The summed E-state index contributed by atoms with van der Waals surface area (Å²) >= 11 is 0. The molecule has 30 heavy (non-hydrogen) atoms. The van der Waals surface area contributed by atoms with E-state index < -0.39 is 23.7 Å². The van der Waals surface area contributed by atoms with Crippen LogP contribution in [0, 0.1) is 11.7 Å². The number of carbonyl (C=O) groups is 3. The Morgan fingerprint density at radius 1 is 1.07 bits per heavy atom. The molecular weight excluding hydrogens is 385 g/mol. The van der Waals surface area contributed by atoms with Crippen molar-refractivity contribution >= 4 is 23.4 Å². The molecule has 6 nitrogen and oxygen atoms in total. The van der Waals surface area contributed by atoms with Crippen LogP contribution < -0.4 is 11.1 Å². The van der Waals surface area contributed by atoms with Gasteiger partial charge in [0.25, 0.3) is 5.91 Å². The molecule has 1 saturated carbocycles. The Morgan fingerprint density at radius 3 is 2.43 bits per heavy atom. The first kappa shape index (κ1) is 21.5. The van der Waals surface area contributed by atoms with Gasteiger partial charge in [0, 0.05) is 24.2 Å². The third-order valence-electron chi connectivity index (χ3n) is 5.49. The Morgan fingerprint density at radius 2 is 1.77 bits per heavy atom. The first-order valence-electron chi connectivity index (χ1n) is 10.1. The summed E-state index contributed by atoms with van der Waals surface area (Å²) in [5, 5.41) is 2.89. The number of rotatable bonds is 6. The van der Waals surface area contributed by atoms with Gasteiger partial charge in [-0.1, -0.05) is 37.5 Å². The fourth-order valence-electron chi connectivity index (χ4n) is 3.92. The molecule has 0 radical (unpaired) electrons. The molecule has 7 heteroatoms. The van der Waals surface area contributed by atoms with E-state index >= 15 is 0 Å². The van der Waals surface area contributed by atoms with Gasteiger partial charge in [0.1, 0.15) is 11.9 Å². The fourth-order valence-corrected chi connectivity index (χ4v) is 3.92. The average Bonchev–Trinajstić information content (AvgIpc) is 2.74. The lowest BCUT2D eigenvalue weighted by Crippen LogP contribution is -2.39. The van der Waals surface area contributed by atoms with Gasteiger partial charge in [-0.2, -0.15) is 0 Å². The largest absolute Gasteiger partial charge is 0.368 e. The Labute approximate surface area is 175 Å². The van der Waals surface area contributed by atoms with Crippen molar-refractivity contribution in [2.45, 2.75) is 38.1 Å². The maximum atomic E-state index is 13.6. The molecule has 1 fully saturated rings. The zero-order valence-electron chi connectivity index (χ0n) is 16.9. The zero-order chi connectivity index (χ0) is 21.7. The molecular formula is C23H26FN3O3. The van der Waals surface area contributed by atoms with Crippen molar-refractivity contribution in [2.24, 2.45) is 11.7 Å². The first-order chi connectivity index (χ1) is 14.4. The number of nitrogens with zero attached hydrogens (tertiary/aromatic N) is 1. The highest BCUT2D eigenvalue weighted by atomic mass is 19.1. The Hall–Kier alpha value is -3.22. The summed E-state index contributed by atoms with van der Waals surface area (Å²) < 4.78 is 13.6. The molecule has 1 atom stereocenters. The third kappa shape index (κ3) is 5.03. The van der Waals surface area contributed by atoms with Crippen LogP contribution in [0.2, 0.25) is 0 Å². The molecule has 3 amide bonds. The van der Waals surface area contributed by atoms with Crippen LogP contribution in [0.4, 0.5) is 10.1 Å². The average molecular weight is 411 g/mol. The van der Waals surface area contributed by atoms with Crippen molar-refractivity contribution in [1.82, 2.24) is 4.90 Å².